The van der Waals surface area contributed by atoms with Crippen LogP contribution in [0.25, 0.3) is 0 Å². The normalized spacial score (nSPS) is 14.3. The van der Waals surface area contributed by atoms with Crippen molar-refractivity contribution in [2.45, 2.75) is 31.3 Å². The molecule has 1 saturated carbocycles. The molecule has 8 nitrogen and oxygen atoms in total. The van der Waals surface area contributed by atoms with Crippen LogP contribution in [0.15, 0.2) is 35.7 Å². The maximum atomic E-state index is 12.6. The van der Waals surface area contributed by atoms with Crippen LogP contribution in [-0.4, -0.2) is 30.0 Å². The van der Waals surface area contributed by atoms with Crippen molar-refractivity contribution in [3.8, 4) is 0 Å². The van der Waals surface area contributed by atoms with Crippen molar-refractivity contribution in [2.75, 3.05) is 12.4 Å². The lowest BCUT2D eigenvalue weighted by atomic mass is 10.1. The van der Waals surface area contributed by atoms with Crippen molar-refractivity contribution in [1.82, 2.24) is 5.32 Å². The second-order valence-electron chi connectivity index (χ2n) is 6.23. The molecule has 1 heterocycles. The van der Waals surface area contributed by atoms with Crippen LogP contribution in [0.3, 0.4) is 0 Å². The number of ether oxygens (including phenoxy) is 1. The van der Waals surface area contributed by atoms with Crippen molar-refractivity contribution in [1.29, 1.82) is 0 Å². The number of hydrogen-bond acceptors (Lipinski definition) is 7. The molecule has 1 unspecified atom stereocenters. The van der Waals surface area contributed by atoms with E-state index in [9.17, 15) is 19.7 Å². The molecule has 1 aliphatic rings. The highest BCUT2D eigenvalue weighted by Crippen LogP contribution is 2.32. The Balaban J connectivity index is 1.79. The van der Waals surface area contributed by atoms with Gasteiger partial charge in [0, 0.05) is 22.5 Å². The molecule has 27 heavy (non-hydrogen) atoms. The zero-order valence-electron chi connectivity index (χ0n) is 14.6. The lowest BCUT2D eigenvalue weighted by Crippen LogP contribution is -2.30. The number of nitrogens with one attached hydrogen (secondary N) is 2. The third-order valence-electron chi connectivity index (χ3n) is 4.18. The van der Waals surface area contributed by atoms with E-state index in [0.29, 0.717) is 5.69 Å². The van der Waals surface area contributed by atoms with Crippen LogP contribution in [0.2, 0.25) is 0 Å². The minimum atomic E-state index is -0.562. The zero-order chi connectivity index (χ0) is 19.4. The van der Waals surface area contributed by atoms with Crippen LogP contribution in [0.5, 0.6) is 0 Å². The van der Waals surface area contributed by atoms with Crippen molar-refractivity contribution in [3.05, 3.63) is 56.3 Å². The SMILES string of the molecule is COC(=O)CC(NC(=O)c1ccc(NC2CC2)c([N+](=O)[O-])c1)c1cccs1. The molecule has 2 N–H and O–H groups in total. The summed E-state index contributed by atoms with van der Waals surface area (Å²) < 4.78 is 4.69. The van der Waals surface area contributed by atoms with Gasteiger partial charge in [0.15, 0.2) is 0 Å². The fourth-order valence-corrected chi connectivity index (χ4v) is 3.38. The number of nitro benzene ring substituents is 1. The minimum Gasteiger partial charge on any atom is -0.469 e. The van der Waals surface area contributed by atoms with Gasteiger partial charge in [0.05, 0.1) is 24.5 Å². The average Bonchev–Trinajstić information content (AvgIpc) is 3.30. The Kier molecular flexibility index (Phi) is 5.70. The number of esters is 1. The van der Waals surface area contributed by atoms with E-state index in [0.717, 1.165) is 17.7 Å². The van der Waals surface area contributed by atoms with E-state index in [1.807, 2.05) is 17.5 Å². The van der Waals surface area contributed by atoms with E-state index >= 15 is 0 Å². The molecule has 1 fully saturated rings. The first kappa shape index (κ1) is 18.8. The number of carbonyl (C=O) groups is 2. The molecule has 9 heteroatoms. The molecule has 1 aromatic heterocycles. The fraction of sp³-hybridized carbons (Fsp3) is 0.333. The highest BCUT2D eigenvalue weighted by molar-refractivity contribution is 7.10. The second kappa shape index (κ2) is 8.17. The first-order valence-electron chi connectivity index (χ1n) is 8.44. The summed E-state index contributed by atoms with van der Waals surface area (Å²) >= 11 is 1.40. The quantitative estimate of drug-likeness (QED) is 0.407. The molecule has 1 amide bonds. The number of nitro groups is 1. The highest BCUT2D eigenvalue weighted by atomic mass is 32.1. The molecule has 3 rings (SSSR count). The van der Waals surface area contributed by atoms with Crippen molar-refractivity contribution < 1.29 is 19.2 Å². The third-order valence-corrected chi connectivity index (χ3v) is 5.17. The first-order valence-corrected chi connectivity index (χ1v) is 9.32. The Labute approximate surface area is 159 Å². The number of amides is 1. The summed E-state index contributed by atoms with van der Waals surface area (Å²) in [4.78, 5) is 36.0. The molecule has 142 valence electrons. The number of thiophene rings is 1. The van der Waals surface area contributed by atoms with Crippen LogP contribution in [0.4, 0.5) is 11.4 Å². The van der Waals surface area contributed by atoms with E-state index in [2.05, 4.69) is 10.6 Å². The topological polar surface area (TPSA) is 111 Å². The van der Waals surface area contributed by atoms with Gasteiger partial charge in [0.2, 0.25) is 0 Å². The van der Waals surface area contributed by atoms with E-state index in [4.69, 9.17) is 4.74 Å². The summed E-state index contributed by atoms with van der Waals surface area (Å²) in [5.41, 5.74) is 0.424. The summed E-state index contributed by atoms with van der Waals surface area (Å²) in [6, 6.07) is 7.66. The lowest BCUT2D eigenvalue weighted by Gasteiger charge is -2.16. The van der Waals surface area contributed by atoms with E-state index < -0.39 is 22.8 Å². The number of methoxy groups -OCH3 is 1. The Morgan fingerprint density at radius 2 is 2.15 bits per heavy atom. The van der Waals surface area contributed by atoms with Gasteiger partial charge in [-0.25, -0.2) is 0 Å². The molecule has 0 radical (unpaired) electrons. The van der Waals surface area contributed by atoms with Gasteiger partial charge in [0.25, 0.3) is 11.6 Å². The van der Waals surface area contributed by atoms with E-state index in [1.54, 1.807) is 6.07 Å². The fourth-order valence-electron chi connectivity index (χ4n) is 2.60. The van der Waals surface area contributed by atoms with Gasteiger partial charge in [-0.3, -0.25) is 19.7 Å². The number of rotatable bonds is 8. The molecule has 0 aliphatic heterocycles. The van der Waals surface area contributed by atoms with Crippen molar-refractivity contribution in [2.24, 2.45) is 0 Å². The summed E-state index contributed by atoms with van der Waals surface area (Å²) in [7, 11) is 1.28. The van der Waals surface area contributed by atoms with E-state index in [-0.39, 0.29) is 23.7 Å². The van der Waals surface area contributed by atoms with Crippen LogP contribution in [0.1, 0.15) is 40.5 Å². The Bertz CT molecular complexity index is 849. The summed E-state index contributed by atoms with van der Waals surface area (Å²) in [6.07, 6.45) is 1.94. The number of benzene rings is 1. The molecule has 1 atom stereocenters. The van der Waals surface area contributed by atoms with E-state index in [1.165, 1.54) is 30.6 Å². The van der Waals surface area contributed by atoms with Crippen molar-refractivity contribution >= 4 is 34.6 Å². The molecule has 0 bridgehead atoms. The Morgan fingerprint density at radius 1 is 1.37 bits per heavy atom. The predicted octanol–water partition coefficient (Wildman–Crippen LogP) is 3.26. The summed E-state index contributed by atoms with van der Waals surface area (Å²) in [5.74, 6) is -0.943. The number of hydrogen-bond donors (Lipinski definition) is 2. The average molecular weight is 389 g/mol. The second-order valence-corrected chi connectivity index (χ2v) is 7.21. The number of carbonyl (C=O) groups excluding carboxylic acids is 2. The van der Waals surface area contributed by atoms with Crippen LogP contribution in [-0.2, 0) is 9.53 Å². The highest BCUT2D eigenvalue weighted by Gasteiger charge is 2.26. The molecule has 0 spiro atoms. The maximum absolute atomic E-state index is 12.6. The van der Waals surface area contributed by atoms with Crippen molar-refractivity contribution in [3.63, 3.8) is 0 Å². The van der Waals surface area contributed by atoms with Gasteiger partial charge in [0.1, 0.15) is 5.69 Å². The van der Waals surface area contributed by atoms with Gasteiger partial charge in [-0.1, -0.05) is 6.07 Å². The maximum Gasteiger partial charge on any atom is 0.307 e. The van der Waals surface area contributed by atoms with Gasteiger partial charge in [-0.2, -0.15) is 0 Å². The van der Waals surface area contributed by atoms with Gasteiger partial charge >= 0.3 is 5.97 Å². The standard InChI is InChI=1S/C18H19N3O5S/c1-26-17(22)10-14(16-3-2-8-27-16)20-18(23)11-4-7-13(19-12-5-6-12)15(9-11)21(24)25/h2-4,7-9,12,14,19H,5-6,10H2,1H3,(H,20,23). The predicted molar refractivity (Wildman–Crippen MR) is 101 cm³/mol. The number of anilines is 1. The molecular weight excluding hydrogens is 370 g/mol. The molecule has 0 saturated heterocycles. The van der Waals surface area contributed by atoms with Gasteiger partial charge < -0.3 is 15.4 Å². The summed E-state index contributed by atoms with van der Waals surface area (Å²) in [5, 5.41) is 19.1. The summed E-state index contributed by atoms with van der Waals surface area (Å²) in [6.45, 7) is 0. The Morgan fingerprint density at radius 3 is 2.74 bits per heavy atom. The third kappa shape index (κ3) is 4.82. The minimum absolute atomic E-state index is 0.0217. The van der Waals surface area contributed by atoms with Crippen LogP contribution >= 0.6 is 11.3 Å². The van der Waals surface area contributed by atoms with Crippen LogP contribution < -0.4 is 10.6 Å². The number of nitrogens with zero attached hydrogens (tertiary/aromatic N) is 1. The largest absolute Gasteiger partial charge is 0.469 e. The molecular formula is C18H19N3O5S. The zero-order valence-corrected chi connectivity index (χ0v) is 15.5. The van der Waals surface area contributed by atoms with Gasteiger partial charge in [-0.15, -0.1) is 11.3 Å². The molecule has 1 aromatic carbocycles. The Hall–Kier alpha value is -2.94. The first-order chi connectivity index (χ1) is 13.0. The molecule has 2 aromatic rings. The van der Waals surface area contributed by atoms with Crippen LogP contribution in [0, 0.1) is 10.1 Å². The molecule has 1 aliphatic carbocycles. The van der Waals surface area contributed by atoms with Gasteiger partial charge in [-0.05, 0) is 36.4 Å². The smallest absolute Gasteiger partial charge is 0.307 e. The monoisotopic (exact) mass is 389 g/mol. The lowest BCUT2D eigenvalue weighted by molar-refractivity contribution is -0.384.